The topological polar surface area (TPSA) is 78.9 Å². The maximum atomic E-state index is 12.3. The molecule has 0 radical (unpaired) electrons. The van der Waals surface area contributed by atoms with Gasteiger partial charge in [0.15, 0.2) is 12.6 Å². The van der Waals surface area contributed by atoms with E-state index in [-0.39, 0.29) is 48.9 Å². The largest absolute Gasteiger partial charge is 0.468 e. The van der Waals surface area contributed by atoms with Crippen LogP contribution in [0, 0.1) is 0 Å². The molecule has 1 rings (SSSR count). The molecule has 1 amide bonds. The summed E-state index contributed by atoms with van der Waals surface area (Å²) in [5.41, 5.74) is 0.405. The first-order chi connectivity index (χ1) is 11.7. The molecule has 1 aromatic heterocycles. The number of nitrogens with zero attached hydrogens (tertiary/aromatic N) is 3. The minimum absolute atomic E-state index is 0. The number of aliphatic imine (C=N–C) groups is 1. The average molecular weight is 489 g/mol. The van der Waals surface area contributed by atoms with Crippen LogP contribution in [-0.2, 0) is 11.3 Å². The molecule has 0 aromatic carbocycles. The lowest BCUT2D eigenvalue weighted by molar-refractivity contribution is -0.154. The van der Waals surface area contributed by atoms with Crippen molar-refractivity contribution >= 4 is 35.8 Å². The van der Waals surface area contributed by atoms with Gasteiger partial charge in [0.1, 0.15) is 0 Å². The van der Waals surface area contributed by atoms with Crippen LogP contribution in [0.4, 0.5) is 13.2 Å². The van der Waals surface area contributed by atoms with E-state index in [1.54, 1.807) is 26.2 Å². The molecule has 1 aromatic rings. The fourth-order valence-corrected chi connectivity index (χ4v) is 1.65. The Morgan fingerprint density at radius 2 is 2.04 bits per heavy atom. The molecule has 0 aliphatic carbocycles. The van der Waals surface area contributed by atoms with Gasteiger partial charge in [0.2, 0.25) is 11.8 Å². The normalized spacial score (nSPS) is 11.4. The molecule has 7 nitrogen and oxygen atoms in total. The van der Waals surface area contributed by atoms with Crippen molar-refractivity contribution in [3.05, 3.63) is 23.9 Å². The predicted octanol–water partition coefficient (Wildman–Crippen LogP) is 1.78. The first-order valence-electron chi connectivity index (χ1n) is 7.58. The summed E-state index contributed by atoms with van der Waals surface area (Å²) in [4.78, 5) is 21.1. The highest BCUT2D eigenvalue weighted by Crippen LogP contribution is 2.20. The summed E-state index contributed by atoms with van der Waals surface area (Å²) in [6.07, 6.45) is -3.10. The molecule has 0 saturated heterocycles. The van der Waals surface area contributed by atoms with E-state index in [1.165, 1.54) is 11.1 Å². The third-order valence-corrected chi connectivity index (χ3v) is 2.88. The number of hydrogen-bond acceptors (Lipinski definition) is 4. The summed E-state index contributed by atoms with van der Waals surface area (Å²) in [7, 11) is 3.27. The lowest BCUT2D eigenvalue weighted by Gasteiger charge is -2.14. The molecular formula is C15H23F3IN5O2. The third-order valence-electron chi connectivity index (χ3n) is 2.88. The molecule has 0 spiro atoms. The van der Waals surface area contributed by atoms with Gasteiger partial charge in [0.25, 0.3) is 0 Å². The van der Waals surface area contributed by atoms with Gasteiger partial charge in [-0.2, -0.15) is 13.2 Å². The van der Waals surface area contributed by atoms with E-state index < -0.39 is 12.8 Å². The van der Waals surface area contributed by atoms with Gasteiger partial charge in [-0.25, -0.2) is 9.98 Å². The number of hydrogen-bond donors (Lipinski definition) is 2. The van der Waals surface area contributed by atoms with Gasteiger partial charge >= 0.3 is 6.18 Å². The van der Waals surface area contributed by atoms with Crippen LogP contribution >= 0.6 is 24.0 Å². The van der Waals surface area contributed by atoms with Crippen molar-refractivity contribution in [2.24, 2.45) is 4.99 Å². The van der Waals surface area contributed by atoms with E-state index in [4.69, 9.17) is 4.74 Å². The molecular weight excluding hydrogens is 466 g/mol. The summed E-state index contributed by atoms with van der Waals surface area (Å²) >= 11 is 0. The molecule has 0 unspecified atom stereocenters. The SMILES string of the molecule is CCNC(=NCc1cccnc1OCC(F)(F)F)NCC(=O)N(C)C.I. The highest BCUT2D eigenvalue weighted by atomic mass is 127. The van der Waals surface area contributed by atoms with E-state index in [1.807, 2.05) is 6.92 Å². The van der Waals surface area contributed by atoms with Gasteiger partial charge in [0, 0.05) is 32.4 Å². The van der Waals surface area contributed by atoms with Crippen LogP contribution in [0.1, 0.15) is 12.5 Å². The number of likely N-dealkylation sites (N-methyl/N-ethyl adjacent to an activating group) is 1. The van der Waals surface area contributed by atoms with Crippen LogP contribution in [0.3, 0.4) is 0 Å². The lowest BCUT2D eigenvalue weighted by Crippen LogP contribution is -2.42. The Morgan fingerprint density at radius 1 is 1.35 bits per heavy atom. The number of ether oxygens (including phenoxy) is 1. The number of halogens is 4. The van der Waals surface area contributed by atoms with E-state index >= 15 is 0 Å². The van der Waals surface area contributed by atoms with Crippen molar-refractivity contribution in [3.63, 3.8) is 0 Å². The Labute approximate surface area is 167 Å². The van der Waals surface area contributed by atoms with E-state index in [9.17, 15) is 18.0 Å². The number of carbonyl (C=O) groups is 1. The molecule has 148 valence electrons. The highest BCUT2D eigenvalue weighted by molar-refractivity contribution is 14.0. The highest BCUT2D eigenvalue weighted by Gasteiger charge is 2.29. The Balaban J connectivity index is 0.00000625. The molecule has 26 heavy (non-hydrogen) atoms. The van der Waals surface area contributed by atoms with Crippen molar-refractivity contribution in [1.82, 2.24) is 20.5 Å². The maximum absolute atomic E-state index is 12.3. The molecule has 0 aliphatic rings. The first kappa shape index (κ1) is 24.2. The summed E-state index contributed by atoms with van der Waals surface area (Å²) in [6, 6.07) is 3.16. The zero-order chi connectivity index (χ0) is 18.9. The van der Waals surface area contributed by atoms with Crippen LogP contribution in [0.2, 0.25) is 0 Å². The Kier molecular flexibility index (Phi) is 10.9. The second-order valence-corrected chi connectivity index (χ2v) is 5.21. The van der Waals surface area contributed by atoms with Crippen LogP contribution < -0.4 is 15.4 Å². The standard InChI is InChI=1S/C15H22F3N5O2.HI/c1-4-19-14(22-9-12(24)23(2)3)21-8-11-6-5-7-20-13(11)25-10-15(16,17)18;/h5-7H,4,8-10H2,1-3H3,(H2,19,21,22);1H. The molecule has 0 saturated carbocycles. The molecule has 0 aliphatic heterocycles. The van der Waals surface area contributed by atoms with Gasteiger partial charge in [-0.15, -0.1) is 24.0 Å². The molecule has 11 heteroatoms. The quantitative estimate of drug-likeness (QED) is 0.347. The minimum Gasteiger partial charge on any atom is -0.468 e. The number of nitrogens with one attached hydrogen (secondary N) is 2. The predicted molar refractivity (Wildman–Crippen MR) is 103 cm³/mol. The number of amides is 1. The van der Waals surface area contributed by atoms with E-state index in [0.717, 1.165) is 0 Å². The van der Waals surface area contributed by atoms with Gasteiger partial charge in [0.05, 0.1) is 13.1 Å². The van der Waals surface area contributed by atoms with Gasteiger partial charge in [-0.1, -0.05) is 6.07 Å². The fourth-order valence-electron chi connectivity index (χ4n) is 1.65. The van der Waals surface area contributed by atoms with Gasteiger partial charge < -0.3 is 20.3 Å². The molecule has 0 bridgehead atoms. The van der Waals surface area contributed by atoms with Crippen molar-refractivity contribution < 1.29 is 22.7 Å². The summed E-state index contributed by atoms with van der Waals surface area (Å²) < 4.78 is 41.6. The van der Waals surface area contributed by atoms with Crippen molar-refractivity contribution in [3.8, 4) is 5.88 Å². The van der Waals surface area contributed by atoms with Crippen LogP contribution in [0.25, 0.3) is 0 Å². The number of aromatic nitrogens is 1. The Bertz CT molecular complexity index is 597. The van der Waals surface area contributed by atoms with Crippen LogP contribution in [0.15, 0.2) is 23.3 Å². The van der Waals surface area contributed by atoms with Crippen molar-refractivity contribution in [2.75, 3.05) is 33.8 Å². The minimum atomic E-state index is -4.44. The number of alkyl halides is 3. The average Bonchev–Trinajstić information content (AvgIpc) is 2.55. The monoisotopic (exact) mass is 489 g/mol. The second kappa shape index (κ2) is 11.8. The number of guanidine groups is 1. The smallest absolute Gasteiger partial charge is 0.422 e. The Morgan fingerprint density at radius 3 is 2.62 bits per heavy atom. The van der Waals surface area contributed by atoms with Crippen LogP contribution in [-0.4, -0.2) is 61.7 Å². The van der Waals surface area contributed by atoms with Crippen molar-refractivity contribution in [2.45, 2.75) is 19.6 Å². The molecule has 2 N–H and O–H groups in total. The van der Waals surface area contributed by atoms with Gasteiger partial charge in [-0.05, 0) is 13.0 Å². The third kappa shape index (κ3) is 9.63. The van der Waals surface area contributed by atoms with E-state index in [2.05, 4.69) is 20.6 Å². The van der Waals surface area contributed by atoms with Gasteiger partial charge in [-0.3, -0.25) is 4.79 Å². The Hall–Kier alpha value is -1.79. The molecule has 0 fully saturated rings. The van der Waals surface area contributed by atoms with Crippen LogP contribution in [0.5, 0.6) is 5.88 Å². The molecule has 0 atom stereocenters. The zero-order valence-electron chi connectivity index (χ0n) is 14.8. The lowest BCUT2D eigenvalue weighted by atomic mass is 10.3. The second-order valence-electron chi connectivity index (χ2n) is 5.21. The number of pyridine rings is 1. The number of rotatable bonds is 7. The summed E-state index contributed by atoms with van der Waals surface area (Å²) in [5, 5.41) is 5.80. The fraction of sp³-hybridized carbons (Fsp3) is 0.533. The summed E-state index contributed by atoms with van der Waals surface area (Å²) in [5.74, 6) is 0.105. The maximum Gasteiger partial charge on any atom is 0.422 e. The zero-order valence-corrected chi connectivity index (χ0v) is 17.1. The van der Waals surface area contributed by atoms with Crippen molar-refractivity contribution in [1.29, 1.82) is 0 Å². The first-order valence-corrected chi connectivity index (χ1v) is 7.58. The summed E-state index contributed by atoms with van der Waals surface area (Å²) in [6.45, 7) is 1.09. The molecule has 1 heterocycles. The van der Waals surface area contributed by atoms with E-state index in [0.29, 0.717) is 18.1 Å². The number of carbonyl (C=O) groups excluding carboxylic acids is 1.